The first-order valence-corrected chi connectivity index (χ1v) is 13.3. The number of methoxy groups -OCH3 is 1. The largest absolute Gasteiger partial charge is 0.493 e. The number of aromatic nitrogens is 2. The molecular weight excluding hydrogens is 556 g/mol. The Bertz CT molecular complexity index is 1660. The maximum Gasteiger partial charge on any atom is 0.274 e. The van der Waals surface area contributed by atoms with Gasteiger partial charge in [0.2, 0.25) is 0 Å². The van der Waals surface area contributed by atoms with E-state index in [9.17, 15) is 4.79 Å². The Morgan fingerprint density at radius 3 is 2.62 bits per heavy atom. The van der Waals surface area contributed by atoms with E-state index in [1.165, 1.54) is 11.3 Å². The van der Waals surface area contributed by atoms with E-state index in [-0.39, 0.29) is 5.56 Å². The van der Waals surface area contributed by atoms with Crippen LogP contribution in [0.3, 0.4) is 0 Å². The van der Waals surface area contributed by atoms with Crippen molar-refractivity contribution in [1.29, 1.82) is 0 Å². The van der Waals surface area contributed by atoms with Crippen molar-refractivity contribution in [3.05, 3.63) is 91.1 Å². The molecule has 0 unspecified atom stereocenters. The van der Waals surface area contributed by atoms with E-state index in [1.807, 2.05) is 73.7 Å². The second-order valence-corrected chi connectivity index (χ2v) is 10.2. The molecule has 0 bridgehead atoms. The number of thiazole rings is 1. The fourth-order valence-corrected chi connectivity index (χ4v) is 5.52. The highest BCUT2D eigenvalue weighted by Crippen LogP contribution is 2.37. The van der Waals surface area contributed by atoms with Crippen molar-refractivity contribution >= 4 is 49.3 Å². The van der Waals surface area contributed by atoms with Gasteiger partial charge in [0.25, 0.3) is 5.56 Å². The third-order valence-corrected chi connectivity index (χ3v) is 7.21. The molecule has 0 aliphatic rings. The zero-order chi connectivity index (χ0) is 25.8. The quantitative estimate of drug-likeness (QED) is 0.216. The van der Waals surface area contributed by atoms with E-state index in [0.717, 1.165) is 32.4 Å². The summed E-state index contributed by atoms with van der Waals surface area (Å²) in [5, 5.41) is 0. The van der Waals surface area contributed by atoms with E-state index in [0.29, 0.717) is 47.4 Å². The fraction of sp³-hybridized carbons (Fsp3) is 0.214. The number of benzene rings is 3. The van der Waals surface area contributed by atoms with Gasteiger partial charge in [-0.15, -0.1) is 0 Å². The Kier molecular flexibility index (Phi) is 7.73. The summed E-state index contributed by atoms with van der Waals surface area (Å²) < 4.78 is 25.8. The molecule has 0 aliphatic heterocycles. The maximum absolute atomic E-state index is 13.1. The highest BCUT2D eigenvalue weighted by atomic mass is 79.9. The molecule has 2 heterocycles. The van der Waals surface area contributed by atoms with Gasteiger partial charge in [0.05, 0.1) is 40.4 Å². The molecule has 3 aromatic carbocycles. The van der Waals surface area contributed by atoms with Crippen LogP contribution in [0.15, 0.2) is 69.9 Å². The van der Waals surface area contributed by atoms with Gasteiger partial charge in [0.15, 0.2) is 16.5 Å². The van der Waals surface area contributed by atoms with Crippen molar-refractivity contribution in [2.75, 3.05) is 33.5 Å². The second-order valence-electron chi connectivity index (χ2n) is 8.29. The lowest BCUT2D eigenvalue weighted by molar-refractivity contribution is 0.0755. The Morgan fingerprint density at radius 1 is 1.00 bits per heavy atom. The normalized spacial score (nSPS) is 11.9. The van der Waals surface area contributed by atoms with Crippen LogP contribution in [0.1, 0.15) is 11.1 Å². The molecule has 0 amide bonds. The standard InChI is InChI=1S/C28H25BrN2O5S/c1-18-6-5-7-20(14-18)35-12-10-34-11-13-36-26-21(29)15-19(16-24(26)33-2)17-25-27(32)31-23-9-4-3-8-22(23)30-28(31)37-25/h3-9,14-17H,10-13H2,1-2H3/b25-17-. The van der Waals surface area contributed by atoms with Crippen LogP contribution in [0.25, 0.3) is 22.1 Å². The summed E-state index contributed by atoms with van der Waals surface area (Å²) in [6, 6.07) is 19.3. The van der Waals surface area contributed by atoms with Crippen LogP contribution in [0.5, 0.6) is 17.2 Å². The predicted octanol–water partition coefficient (Wildman–Crippen LogP) is 5.01. The third-order valence-electron chi connectivity index (χ3n) is 5.65. The van der Waals surface area contributed by atoms with Crippen molar-refractivity contribution in [3.63, 3.8) is 0 Å². The molecule has 9 heteroatoms. The number of nitrogens with zero attached hydrogens (tertiary/aromatic N) is 2. The number of halogens is 1. The van der Waals surface area contributed by atoms with Crippen molar-refractivity contribution in [1.82, 2.24) is 9.38 Å². The fourth-order valence-electron chi connectivity index (χ4n) is 3.95. The molecule has 0 saturated heterocycles. The van der Waals surface area contributed by atoms with Crippen molar-refractivity contribution in [3.8, 4) is 17.2 Å². The van der Waals surface area contributed by atoms with Crippen molar-refractivity contribution < 1.29 is 18.9 Å². The molecule has 0 aliphatic carbocycles. The summed E-state index contributed by atoms with van der Waals surface area (Å²) in [5.41, 5.74) is 3.50. The number of imidazole rings is 1. The lowest BCUT2D eigenvalue weighted by Gasteiger charge is -2.14. The number of ether oxygens (including phenoxy) is 4. The molecule has 0 radical (unpaired) electrons. The minimum atomic E-state index is -0.0901. The molecule has 2 aromatic heterocycles. The van der Waals surface area contributed by atoms with Crippen LogP contribution in [0, 0.1) is 6.92 Å². The predicted molar refractivity (Wildman–Crippen MR) is 149 cm³/mol. The highest BCUT2D eigenvalue weighted by Gasteiger charge is 2.13. The zero-order valence-electron chi connectivity index (χ0n) is 20.4. The molecule has 5 aromatic rings. The van der Waals surface area contributed by atoms with Gasteiger partial charge >= 0.3 is 0 Å². The number of aryl methyl sites for hydroxylation is 1. The highest BCUT2D eigenvalue weighted by molar-refractivity contribution is 9.10. The van der Waals surface area contributed by atoms with Crippen LogP contribution >= 0.6 is 27.3 Å². The van der Waals surface area contributed by atoms with Crippen molar-refractivity contribution in [2.45, 2.75) is 6.92 Å². The molecular formula is C28H25BrN2O5S. The molecule has 0 N–H and O–H groups in total. The molecule has 190 valence electrons. The third kappa shape index (κ3) is 5.64. The van der Waals surface area contributed by atoms with E-state index < -0.39 is 0 Å². The van der Waals surface area contributed by atoms with Gasteiger partial charge in [-0.1, -0.05) is 35.6 Å². The average molecular weight is 581 g/mol. The molecule has 0 atom stereocenters. The molecule has 0 spiro atoms. The van der Waals surface area contributed by atoms with Gasteiger partial charge in [-0.25, -0.2) is 9.38 Å². The Hall–Kier alpha value is -3.40. The van der Waals surface area contributed by atoms with Crippen LogP contribution < -0.4 is 24.3 Å². The first-order chi connectivity index (χ1) is 18.0. The Labute approximate surface area is 226 Å². The summed E-state index contributed by atoms with van der Waals surface area (Å²) in [6.45, 7) is 3.71. The van der Waals surface area contributed by atoms with Gasteiger partial charge in [-0.3, -0.25) is 4.79 Å². The smallest absolute Gasteiger partial charge is 0.274 e. The van der Waals surface area contributed by atoms with E-state index in [1.54, 1.807) is 11.5 Å². The summed E-state index contributed by atoms with van der Waals surface area (Å²) in [4.78, 5) is 18.3. The van der Waals surface area contributed by atoms with Gasteiger partial charge < -0.3 is 18.9 Å². The number of para-hydroxylation sites is 2. The minimum Gasteiger partial charge on any atom is -0.493 e. The maximum atomic E-state index is 13.1. The topological polar surface area (TPSA) is 71.3 Å². The lowest BCUT2D eigenvalue weighted by Crippen LogP contribution is -2.22. The molecule has 0 fully saturated rings. The first kappa shape index (κ1) is 25.3. The van der Waals surface area contributed by atoms with E-state index in [2.05, 4.69) is 20.9 Å². The molecule has 7 nitrogen and oxygen atoms in total. The summed E-state index contributed by atoms with van der Waals surface area (Å²) in [5.74, 6) is 1.97. The number of hydrogen-bond acceptors (Lipinski definition) is 7. The van der Waals surface area contributed by atoms with Gasteiger partial charge in [0.1, 0.15) is 19.0 Å². The van der Waals surface area contributed by atoms with Crippen LogP contribution in [0.2, 0.25) is 0 Å². The van der Waals surface area contributed by atoms with E-state index >= 15 is 0 Å². The Balaban J connectivity index is 1.23. The summed E-state index contributed by atoms with van der Waals surface area (Å²) >= 11 is 4.94. The first-order valence-electron chi connectivity index (χ1n) is 11.7. The lowest BCUT2D eigenvalue weighted by atomic mass is 10.2. The second kappa shape index (κ2) is 11.3. The van der Waals surface area contributed by atoms with Crippen molar-refractivity contribution in [2.24, 2.45) is 0 Å². The molecule has 0 saturated carbocycles. The monoisotopic (exact) mass is 580 g/mol. The van der Waals surface area contributed by atoms with Gasteiger partial charge in [-0.05, 0) is 76.5 Å². The number of fused-ring (bicyclic) bond motifs is 3. The summed E-state index contributed by atoms with van der Waals surface area (Å²) in [7, 11) is 1.59. The SMILES string of the molecule is COc1cc(/C=c2\sc3nc4ccccc4n3c2=O)cc(Br)c1OCCOCCOc1cccc(C)c1. The van der Waals surface area contributed by atoms with Crippen LogP contribution in [0.4, 0.5) is 0 Å². The number of hydrogen-bond donors (Lipinski definition) is 0. The molecule has 37 heavy (non-hydrogen) atoms. The average Bonchev–Trinajstić information content (AvgIpc) is 3.40. The van der Waals surface area contributed by atoms with E-state index in [4.69, 9.17) is 18.9 Å². The van der Waals surface area contributed by atoms with Crippen LogP contribution in [-0.4, -0.2) is 42.9 Å². The zero-order valence-corrected chi connectivity index (χ0v) is 22.8. The van der Waals surface area contributed by atoms with Crippen LogP contribution in [-0.2, 0) is 4.74 Å². The van der Waals surface area contributed by atoms with Gasteiger partial charge in [-0.2, -0.15) is 0 Å². The minimum absolute atomic E-state index is 0.0901. The molecule has 5 rings (SSSR count). The van der Waals surface area contributed by atoms with Gasteiger partial charge in [0, 0.05) is 0 Å². The Morgan fingerprint density at radius 2 is 1.81 bits per heavy atom. The number of rotatable bonds is 10. The summed E-state index contributed by atoms with van der Waals surface area (Å²) in [6.07, 6.45) is 1.84.